The third-order valence-electron chi connectivity index (χ3n) is 3.31. The minimum Gasteiger partial charge on any atom is -0.451 e. The maximum absolute atomic E-state index is 12.8. The van der Waals surface area contributed by atoms with Crippen molar-refractivity contribution in [2.24, 2.45) is 0 Å². The minimum atomic E-state index is -4.51. The van der Waals surface area contributed by atoms with Crippen molar-refractivity contribution in [3.05, 3.63) is 71.2 Å². The summed E-state index contributed by atoms with van der Waals surface area (Å²) in [6.07, 6.45) is -1.51. The molecule has 1 amide bonds. The highest BCUT2D eigenvalue weighted by Crippen LogP contribution is 2.36. The van der Waals surface area contributed by atoms with E-state index in [4.69, 9.17) is 16.0 Å². The number of furan rings is 1. The lowest BCUT2D eigenvalue weighted by Crippen LogP contribution is -2.10. The number of halogens is 4. The average Bonchev–Trinajstić information content (AvgIpc) is 3.05. The van der Waals surface area contributed by atoms with Crippen LogP contribution in [-0.2, 0) is 6.18 Å². The van der Waals surface area contributed by atoms with E-state index in [1.54, 1.807) is 18.3 Å². The summed E-state index contributed by atoms with van der Waals surface area (Å²) in [4.78, 5) is 16.0. The Kier molecular flexibility index (Phi) is 4.50. The van der Waals surface area contributed by atoms with Crippen LogP contribution in [0.15, 0.2) is 59.3 Å². The van der Waals surface area contributed by atoms with Gasteiger partial charge in [0.25, 0.3) is 5.91 Å². The van der Waals surface area contributed by atoms with Gasteiger partial charge >= 0.3 is 6.18 Å². The summed E-state index contributed by atoms with van der Waals surface area (Å²) < 4.78 is 43.9. The highest BCUT2D eigenvalue weighted by Gasteiger charge is 2.31. The first-order chi connectivity index (χ1) is 11.8. The number of nitrogens with one attached hydrogen (secondary N) is 1. The van der Waals surface area contributed by atoms with Crippen LogP contribution in [-0.4, -0.2) is 10.9 Å². The molecule has 1 aromatic carbocycles. The number of hydrogen-bond donors (Lipinski definition) is 1. The zero-order chi connectivity index (χ0) is 18.0. The predicted octanol–water partition coefficient (Wildman–Crippen LogP) is 5.27. The number of hydrogen-bond acceptors (Lipinski definition) is 3. The molecule has 2 aromatic heterocycles. The number of benzene rings is 1. The lowest BCUT2D eigenvalue weighted by molar-refractivity contribution is -0.137. The molecule has 3 aromatic rings. The van der Waals surface area contributed by atoms with Crippen LogP contribution in [0.2, 0.25) is 5.02 Å². The van der Waals surface area contributed by atoms with Crippen LogP contribution in [0.5, 0.6) is 0 Å². The fourth-order valence-electron chi connectivity index (χ4n) is 2.12. The number of rotatable bonds is 3. The molecule has 0 radical (unpaired) electrons. The first-order valence-corrected chi connectivity index (χ1v) is 7.41. The zero-order valence-electron chi connectivity index (χ0n) is 12.5. The molecular weight excluding hydrogens is 357 g/mol. The van der Waals surface area contributed by atoms with E-state index in [2.05, 4.69) is 10.3 Å². The van der Waals surface area contributed by atoms with Gasteiger partial charge in [0.05, 0.1) is 22.5 Å². The summed E-state index contributed by atoms with van der Waals surface area (Å²) in [5.74, 6) is -0.554. The van der Waals surface area contributed by atoms with Gasteiger partial charge in [-0.05, 0) is 42.5 Å². The van der Waals surface area contributed by atoms with Gasteiger partial charge in [0.1, 0.15) is 5.76 Å². The molecule has 128 valence electrons. The molecule has 25 heavy (non-hydrogen) atoms. The second-order valence-electron chi connectivity index (χ2n) is 5.05. The molecule has 0 aliphatic heterocycles. The molecule has 0 unspecified atom stereocenters. The fraction of sp³-hybridized carbons (Fsp3) is 0.0588. The van der Waals surface area contributed by atoms with Gasteiger partial charge in [0.15, 0.2) is 5.76 Å². The standard InChI is InChI=1S/C17H10ClF3N2O2/c18-13-4-3-10(17(19,20)21)8-12(13)14-5-6-15(25-14)16(24)23-11-2-1-7-22-9-11/h1-9H,(H,23,24). The van der Waals surface area contributed by atoms with E-state index < -0.39 is 17.6 Å². The molecular formula is C17H10ClF3N2O2. The number of carbonyl (C=O) groups excluding carboxylic acids is 1. The average molecular weight is 367 g/mol. The molecule has 0 saturated carbocycles. The number of nitrogens with zero attached hydrogens (tertiary/aromatic N) is 1. The Bertz CT molecular complexity index is 908. The molecule has 3 rings (SSSR count). The summed E-state index contributed by atoms with van der Waals surface area (Å²) in [5.41, 5.74) is -0.343. The van der Waals surface area contributed by atoms with Crippen LogP contribution in [0.3, 0.4) is 0 Å². The zero-order valence-corrected chi connectivity index (χ0v) is 13.2. The molecule has 1 N–H and O–H groups in total. The van der Waals surface area contributed by atoms with Gasteiger partial charge in [0, 0.05) is 11.8 Å². The topological polar surface area (TPSA) is 55.1 Å². The van der Waals surface area contributed by atoms with E-state index >= 15 is 0 Å². The fourth-order valence-corrected chi connectivity index (χ4v) is 2.34. The maximum Gasteiger partial charge on any atom is 0.416 e. The summed E-state index contributed by atoms with van der Waals surface area (Å²) in [5, 5.41) is 2.65. The van der Waals surface area contributed by atoms with Gasteiger partial charge in [-0.1, -0.05) is 11.6 Å². The second-order valence-corrected chi connectivity index (χ2v) is 5.46. The van der Waals surface area contributed by atoms with Crippen molar-refractivity contribution in [3.8, 4) is 11.3 Å². The van der Waals surface area contributed by atoms with Crippen molar-refractivity contribution in [1.82, 2.24) is 4.98 Å². The Morgan fingerprint density at radius 1 is 1.16 bits per heavy atom. The maximum atomic E-state index is 12.8. The Labute approximate surface area is 145 Å². The summed E-state index contributed by atoms with van der Waals surface area (Å²) >= 11 is 5.96. The molecule has 0 aliphatic carbocycles. The number of alkyl halides is 3. The van der Waals surface area contributed by atoms with E-state index in [9.17, 15) is 18.0 Å². The Morgan fingerprint density at radius 2 is 1.96 bits per heavy atom. The monoisotopic (exact) mass is 366 g/mol. The smallest absolute Gasteiger partial charge is 0.416 e. The number of carbonyl (C=O) groups is 1. The van der Waals surface area contributed by atoms with Gasteiger partial charge in [-0.25, -0.2) is 0 Å². The summed E-state index contributed by atoms with van der Waals surface area (Å²) in [6, 6.07) is 8.92. The first-order valence-electron chi connectivity index (χ1n) is 7.03. The van der Waals surface area contributed by atoms with Crippen molar-refractivity contribution in [2.75, 3.05) is 5.32 Å². The van der Waals surface area contributed by atoms with Gasteiger partial charge < -0.3 is 9.73 Å². The molecule has 8 heteroatoms. The van der Waals surface area contributed by atoms with E-state index in [0.717, 1.165) is 18.2 Å². The largest absolute Gasteiger partial charge is 0.451 e. The van der Waals surface area contributed by atoms with Crippen LogP contribution in [0, 0.1) is 0 Å². The first kappa shape index (κ1) is 17.0. The van der Waals surface area contributed by atoms with Crippen molar-refractivity contribution in [1.29, 1.82) is 0 Å². The number of aromatic nitrogens is 1. The summed E-state index contributed by atoms with van der Waals surface area (Å²) in [7, 11) is 0. The van der Waals surface area contributed by atoms with E-state index in [-0.39, 0.29) is 22.1 Å². The van der Waals surface area contributed by atoms with Crippen LogP contribution >= 0.6 is 11.6 Å². The van der Waals surface area contributed by atoms with Crippen molar-refractivity contribution >= 4 is 23.2 Å². The highest BCUT2D eigenvalue weighted by atomic mass is 35.5. The lowest BCUT2D eigenvalue weighted by atomic mass is 10.1. The van der Waals surface area contributed by atoms with Crippen LogP contribution in [0.4, 0.5) is 18.9 Å². The molecule has 0 aliphatic rings. The molecule has 0 fully saturated rings. The van der Waals surface area contributed by atoms with Crippen molar-refractivity contribution < 1.29 is 22.4 Å². The molecule has 0 saturated heterocycles. The molecule has 0 spiro atoms. The molecule has 0 bridgehead atoms. The van der Waals surface area contributed by atoms with Gasteiger partial charge in [0.2, 0.25) is 0 Å². The van der Waals surface area contributed by atoms with Gasteiger partial charge in [-0.2, -0.15) is 13.2 Å². The van der Waals surface area contributed by atoms with Gasteiger partial charge in [-0.15, -0.1) is 0 Å². The molecule has 4 nitrogen and oxygen atoms in total. The summed E-state index contributed by atoms with van der Waals surface area (Å²) in [6.45, 7) is 0. The third-order valence-corrected chi connectivity index (χ3v) is 3.64. The SMILES string of the molecule is O=C(Nc1cccnc1)c1ccc(-c2cc(C(F)(F)F)ccc2Cl)o1. The lowest BCUT2D eigenvalue weighted by Gasteiger charge is -2.09. The van der Waals surface area contributed by atoms with Crippen LogP contribution < -0.4 is 5.32 Å². The number of anilines is 1. The second kappa shape index (κ2) is 6.60. The third kappa shape index (κ3) is 3.83. The van der Waals surface area contributed by atoms with E-state index in [1.807, 2.05) is 0 Å². The quantitative estimate of drug-likeness (QED) is 0.687. The molecule has 0 atom stereocenters. The normalized spacial score (nSPS) is 11.4. The Balaban J connectivity index is 1.88. The van der Waals surface area contributed by atoms with E-state index in [0.29, 0.717) is 5.69 Å². The highest BCUT2D eigenvalue weighted by molar-refractivity contribution is 6.33. The van der Waals surface area contributed by atoms with Crippen molar-refractivity contribution in [2.45, 2.75) is 6.18 Å². The Morgan fingerprint density at radius 3 is 2.64 bits per heavy atom. The van der Waals surface area contributed by atoms with E-state index in [1.165, 1.54) is 18.3 Å². The van der Waals surface area contributed by atoms with Gasteiger partial charge in [-0.3, -0.25) is 9.78 Å². The van der Waals surface area contributed by atoms with Crippen LogP contribution in [0.1, 0.15) is 16.1 Å². The van der Waals surface area contributed by atoms with Crippen molar-refractivity contribution in [3.63, 3.8) is 0 Å². The van der Waals surface area contributed by atoms with Crippen LogP contribution in [0.25, 0.3) is 11.3 Å². The number of amides is 1. The number of pyridine rings is 1. The minimum absolute atomic E-state index is 0.0527. The predicted molar refractivity (Wildman–Crippen MR) is 86.3 cm³/mol. The molecule has 2 heterocycles. The Hall–Kier alpha value is -2.80.